The van der Waals surface area contributed by atoms with Crippen LogP contribution in [0.5, 0.6) is 0 Å². The predicted octanol–water partition coefficient (Wildman–Crippen LogP) is 5.35. The number of carbonyl (C=O) groups is 1. The van der Waals surface area contributed by atoms with E-state index in [0.717, 1.165) is 18.3 Å². The van der Waals surface area contributed by atoms with Gasteiger partial charge in [0.15, 0.2) is 0 Å². The Balaban J connectivity index is 1.84. The van der Waals surface area contributed by atoms with Gasteiger partial charge in [-0.1, -0.05) is 13.8 Å². The second-order valence-electron chi connectivity index (χ2n) is 10.2. The third-order valence-electron chi connectivity index (χ3n) is 7.42. The molecule has 0 aromatic heterocycles. The van der Waals surface area contributed by atoms with Crippen molar-refractivity contribution in [1.82, 2.24) is 0 Å². The van der Waals surface area contributed by atoms with Crippen LogP contribution in [0.15, 0.2) is 0 Å². The largest absolute Gasteiger partial charge is 0.459 e. The predicted molar refractivity (Wildman–Crippen MR) is 89.5 cm³/mol. The van der Waals surface area contributed by atoms with Gasteiger partial charge in [-0.25, -0.2) is 0 Å². The summed E-state index contributed by atoms with van der Waals surface area (Å²) in [5, 5.41) is 0. The van der Waals surface area contributed by atoms with Gasteiger partial charge in [-0.3, -0.25) is 4.79 Å². The van der Waals surface area contributed by atoms with Crippen LogP contribution < -0.4 is 0 Å². The SMILES string of the molecule is CCC(C)(C)C(=O)OC(C)(C)C12CC3CC(CC(C)(C3)C1)C2. The topological polar surface area (TPSA) is 26.3 Å². The molecule has 4 aliphatic rings. The van der Waals surface area contributed by atoms with E-state index in [4.69, 9.17) is 4.74 Å². The Morgan fingerprint density at radius 2 is 1.64 bits per heavy atom. The molecule has 0 radical (unpaired) electrons. The van der Waals surface area contributed by atoms with Crippen LogP contribution in [-0.2, 0) is 9.53 Å². The summed E-state index contributed by atoms with van der Waals surface area (Å²) in [5.41, 5.74) is -0.00163. The van der Waals surface area contributed by atoms with Gasteiger partial charge in [0.05, 0.1) is 5.41 Å². The summed E-state index contributed by atoms with van der Waals surface area (Å²) in [6.07, 6.45) is 8.84. The molecule has 4 fully saturated rings. The maximum absolute atomic E-state index is 12.7. The van der Waals surface area contributed by atoms with Crippen LogP contribution in [0.4, 0.5) is 0 Å². The maximum atomic E-state index is 12.7. The molecule has 0 spiro atoms. The summed E-state index contributed by atoms with van der Waals surface area (Å²) in [5.74, 6) is 1.72. The van der Waals surface area contributed by atoms with Crippen molar-refractivity contribution in [3.8, 4) is 0 Å². The molecule has 4 saturated carbocycles. The highest BCUT2D eigenvalue weighted by Crippen LogP contribution is 2.68. The maximum Gasteiger partial charge on any atom is 0.312 e. The molecule has 4 rings (SSSR count). The van der Waals surface area contributed by atoms with Crippen molar-refractivity contribution in [3.05, 3.63) is 0 Å². The highest BCUT2D eigenvalue weighted by atomic mass is 16.6. The molecule has 0 saturated heterocycles. The van der Waals surface area contributed by atoms with Crippen molar-refractivity contribution in [2.24, 2.45) is 28.1 Å². The van der Waals surface area contributed by atoms with E-state index in [-0.39, 0.29) is 22.4 Å². The van der Waals surface area contributed by atoms with Crippen LogP contribution in [0.1, 0.15) is 86.5 Å². The van der Waals surface area contributed by atoms with Crippen molar-refractivity contribution < 1.29 is 9.53 Å². The van der Waals surface area contributed by atoms with Crippen LogP contribution in [0.2, 0.25) is 0 Å². The minimum atomic E-state index is -0.372. The molecule has 0 amide bonds. The summed E-state index contributed by atoms with van der Waals surface area (Å²) in [4.78, 5) is 12.7. The molecule has 0 aromatic carbocycles. The fraction of sp³-hybridized carbons (Fsp3) is 0.950. The Morgan fingerprint density at radius 3 is 2.09 bits per heavy atom. The Hall–Kier alpha value is -0.530. The van der Waals surface area contributed by atoms with E-state index in [0.29, 0.717) is 5.41 Å². The van der Waals surface area contributed by atoms with Crippen molar-refractivity contribution in [3.63, 3.8) is 0 Å². The quantitative estimate of drug-likeness (QED) is 0.654. The standard InChI is InChI=1S/C20H34O2/c1-7-17(2,3)16(21)22-18(4,5)20-11-14-8-15(12-20)10-19(6,9-14)13-20/h14-15H,7-13H2,1-6H3. The average Bonchev–Trinajstić information content (AvgIpc) is 2.34. The zero-order chi connectivity index (χ0) is 16.4. The molecular formula is C20H34O2. The van der Waals surface area contributed by atoms with Crippen LogP contribution in [0, 0.1) is 28.1 Å². The molecule has 2 unspecified atom stereocenters. The number of hydrogen-bond acceptors (Lipinski definition) is 2. The van der Waals surface area contributed by atoms with E-state index >= 15 is 0 Å². The molecule has 2 atom stereocenters. The van der Waals surface area contributed by atoms with Gasteiger partial charge in [0.25, 0.3) is 0 Å². The van der Waals surface area contributed by atoms with Crippen molar-refractivity contribution in [2.45, 2.75) is 92.1 Å². The van der Waals surface area contributed by atoms with Crippen molar-refractivity contribution in [1.29, 1.82) is 0 Å². The minimum Gasteiger partial charge on any atom is -0.459 e. The monoisotopic (exact) mass is 306 g/mol. The lowest BCUT2D eigenvalue weighted by Gasteiger charge is -2.65. The molecule has 22 heavy (non-hydrogen) atoms. The van der Waals surface area contributed by atoms with Gasteiger partial charge >= 0.3 is 5.97 Å². The second kappa shape index (κ2) is 4.74. The van der Waals surface area contributed by atoms with Crippen molar-refractivity contribution in [2.75, 3.05) is 0 Å². The van der Waals surface area contributed by atoms with E-state index in [1.165, 1.54) is 38.5 Å². The Kier molecular flexibility index (Phi) is 3.52. The Bertz CT molecular complexity index is 460. The molecule has 0 aliphatic heterocycles. The zero-order valence-electron chi connectivity index (χ0n) is 15.4. The van der Waals surface area contributed by atoms with Gasteiger partial charge in [-0.05, 0) is 89.9 Å². The van der Waals surface area contributed by atoms with E-state index in [9.17, 15) is 4.79 Å². The number of carbonyl (C=O) groups excluding carboxylic acids is 1. The van der Waals surface area contributed by atoms with E-state index < -0.39 is 0 Å². The third-order valence-corrected chi connectivity index (χ3v) is 7.42. The van der Waals surface area contributed by atoms with Crippen LogP contribution in [-0.4, -0.2) is 11.6 Å². The normalized spacial score (nSPS) is 40.8. The summed E-state index contributed by atoms with van der Waals surface area (Å²) in [6, 6.07) is 0. The van der Waals surface area contributed by atoms with Gasteiger partial charge < -0.3 is 4.74 Å². The molecule has 2 heteroatoms. The summed E-state index contributed by atoms with van der Waals surface area (Å²) >= 11 is 0. The molecule has 126 valence electrons. The highest BCUT2D eigenvalue weighted by molar-refractivity contribution is 5.76. The van der Waals surface area contributed by atoms with Gasteiger partial charge in [0.2, 0.25) is 0 Å². The first kappa shape index (κ1) is 16.3. The number of hydrogen-bond donors (Lipinski definition) is 0. The lowest BCUT2D eigenvalue weighted by Crippen LogP contribution is -2.60. The third kappa shape index (κ3) is 2.41. The number of ether oxygens (including phenoxy) is 1. The van der Waals surface area contributed by atoms with Crippen molar-refractivity contribution >= 4 is 5.97 Å². The average molecular weight is 306 g/mol. The van der Waals surface area contributed by atoms with Crippen LogP contribution in [0.25, 0.3) is 0 Å². The lowest BCUT2D eigenvalue weighted by atomic mass is 9.41. The van der Waals surface area contributed by atoms with E-state index in [1.807, 2.05) is 13.8 Å². The molecule has 0 N–H and O–H groups in total. The Morgan fingerprint density at radius 1 is 1.09 bits per heavy atom. The van der Waals surface area contributed by atoms with Gasteiger partial charge in [0.1, 0.15) is 5.60 Å². The zero-order valence-corrected chi connectivity index (χ0v) is 15.4. The Labute approximate surface area is 136 Å². The fourth-order valence-electron chi connectivity index (χ4n) is 6.05. The first-order chi connectivity index (χ1) is 10.0. The van der Waals surface area contributed by atoms with Crippen LogP contribution >= 0.6 is 0 Å². The number of esters is 1. The highest BCUT2D eigenvalue weighted by Gasteiger charge is 2.62. The summed E-state index contributed by atoms with van der Waals surface area (Å²) in [6.45, 7) is 12.9. The first-order valence-electron chi connectivity index (χ1n) is 9.24. The smallest absolute Gasteiger partial charge is 0.312 e. The van der Waals surface area contributed by atoms with E-state index in [1.54, 1.807) is 0 Å². The molecule has 0 heterocycles. The molecule has 4 aliphatic carbocycles. The molecular weight excluding hydrogens is 272 g/mol. The van der Waals surface area contributed by atoms with Gasteiger partial charge in [0, 0.05) is 5.41 Å². The summed E-state index contributed by atoms with van der Waals surface area (Å²) < 4.78 is 6.18. The molecule has 2 nitrogen and oxygen atoms in total. The van der Waals surface area contributed by atoms with Gasteiger partial charge in [-0.2, -0.15) is 0 Å². The van der Waals surface area contributed by atoms with E-state index in [2.05, 4.69) is 27.7 Å². The second-order valence-corrected chi connectivity index (χ2v) is 10.2. The summed E-state index contributed by atoms with van der Waals surface area (Å²) in [7, 11) is 0. The fourth-order valence-corrected chi connectivity index (χ4v) is 6.05. The van der Waals surface area contributed by atoms with Gasteiger partial charge in [-0.15, -0.1) is 0 Å². The first-order valence-corrected chi connectivity index (χ1v) is 9.24. The van der Waals surface area contributed by atoms with Crippen LogP contribution in [0.3, 0.4) is 0 Å². The minimum absolute atomic E-state index is 0.0131. The number of rotatable bonds is 4. The molecule has 4 bridgehead atoms. The lowest BCUT2D eigenvalue weighted by molar-refractivity contribution is -0.217. The molecule has 0 aromatic rings.